The van der Waals surface area contributed by atoms with Crippen molar-refractivity contribution in [2.24, 2.45) is 5.92 Å². The fourth-order valence-corrected chi connectivity index (χ4v) is 2.58. The van der Waals surface area contributed by atoms with Crippen LogP contribution in [-0.2, 0) is 0 Å². The molecule has 0 spiro atoms. The SMILES string of the molecule is CCCCCCCCC[CH]CCCCCCC(C)C. The van der Waals surface area contributed by atoms with Crippen LogP contribution in [0.3, 0.4) is 0 Å². The highest BCUT2D eigenvalue weighted by atomic mass is 14.0. The Balaban J connectivity index is 2.91. The van der Waals surface area contributed by atoms with Crippen LogP contribution in [0, 0.1) is 12.3 Å². The second kappa shape index (κ2) is 16.1. The molecule has 0 saturated carbocycles. The molecule has 0 unspecified atom stereocenters. The molecule has 0 atom stereocenters. The van der Waals surface area contributed by atoms with Crippen molar-refractivity contribution in [3.8, 4) is 0 Å². The zero-order valence-corrected chi connectivity index (χ0v) is 14.1. The summed E-state index contributed by atoms with van der Waals surface area (Å²) in [5.74, 6) is 0.892. The van der Waals surface area contributed by atoms with Crippen LogP contribution in [0.2, 0.25) is 0 Å². The third-order valence-corrected chi connectivity index (χ3v) is 3.95. The first kappa shape index (κ1) is 19.0. The van der Waals surface area contributed by atoms with E-state index in [1.807, 2.05) is 0 Å². The Kier molecular flexibility index (Phi) is 16.1. The molecule has 0 aliphatic rings. The smallest absolute Gasteiger partial charge is 0.0386 e. The van der Waals surface area contributed by atoms with Gasteiger partial charge in [0, 0.05) is 0 Å². The third kappa shape index (κ3) is 18.0. The summed E-state index contributed by atoms with van der Waals surface area (Å²) in [6.45, 7) is 6.95. The number of rotatable bonds is 15. The molecule has 1 radical (unpaired) electrons. The molecule has 0 aromatic rings. The first-order valence-electron chi connectivity index (χ1n) is 9.09. The second-order valence-electron chi connectivity index (χ2n) is 6.58. The lowest BCUT2D eigenvalue weighted by atomic mass is 10.0. The Labute approximate surface area is 123 Å². The summed E-state index contributed by atoms with van der Waals surface area (Å²) in [7, 11) is 0. The van der Waals surface area contributed by atoms with E-state index in [2.05, 4.69) is 27.2 Å². The van der Waals surface area contributed by atoms with Crippen LogP contribution in [0.15, 0.2) is 0 Å². The van der Waals surface area contributed by atoms with Crippen LogP contribution in [0.4, 0.5) is 0 Å². The lowest BCUT2D eigenvalue weighted by Gasteiger charge is -2.04. The van der Waals surface area contributed by atoms with E-state index in [0.717, 1.165) is 5.92 Å². The summed E-state index contributed by atoms with van der Waals surface area (Å²) in [5.41, 5.74) is 0. The molecule has 0 amide bonds. The van der Waals surface area contributed by atoms with Crippen molar-refractivity contribution in [3.63, 3.8) is 0 Å². The van der Waals surface area contributed by atoms with Gasteiger partial charge in [-0.3, -0.25) is 0 Å². The average molecular weight is 268 g/mol. The van der Waals surface area contributed by atoms with E-state index in [0.29, 0.717) is 0 Å². The van der Waals surface area contributed by atoms with Gasteiger partial charge in [-0.1, -0.05) is 111 Å². The molecule has 0 rings (SSSR count). The highest BCUT2D eigenvalue weighted by molar-refractivity contribution is 4.64. The maximum atomic E-state index is 2.54. The molecule has 0 aliphatic carbocycles. The zero-order chi connectivity index (χ0) is 14.2. The lowest BCUT2D eigenvalue weighted by molar-refractivity contribution is 0.517. The van der Waals surface area contributed by atoms with E-state index in [1.54, 1.807) is 0 Å². The van der Waals surface area contributed by atoms with Crippen molar-refractivity contribution < 1.29 is 0 Å². The Hall–Kier alpha value is 0. The number of hydrogen-bond acceptors (Lipinski definition) is 0. The summed E-state index contributed by atoms with van der Waals surface area (Å²) in [4.78, 5) is 0. The molecule has 19 heavy (non-hydrogen) atoms. The normalized spacial score (nSPS) is 11.4. The summed E-state index contributed by atoms with van der Waals surface area (Å²) in [6, 6.07) is 0. The molecule has 0 bridgehead atoms. The van der Waals surface area contributed by atoms with Gasteiger partial charge in [0.25, 0.3) is 0 Å². The molecule has 0 aromatic carbocycles. The standard InChI is InChI=1S/C19H39/c1-4-5-6-7-8-9-10-11-12-13-14-15-16-17-18-19(2)3/h12,19H,4-11,13-18H2,1-3H3. The largest absolute Gasteiger partial charge is 0.0654 e. The van der Waals surface area contributed by atoms with E-state index < -0.39 is 0 Å². The van der Waals surface area contributed by atoms with Crippen LogP contribution < -0.4 is 0 Å². The van der Waals surface area contributed by atoms with Gasteiger partial charge in [0.1, 0.15) is 0 Å². The van der Waals surface area contributed by atoms with Gasteiger partial charge in [0.05, 0.1) is 0 Å². The van der Waals surface area contributed by atoms with E-state index in [-0.39, 0.29) is 0 Å². The molecule has 0 N–H and O–H groups in total. The van der Waals surface area contributed by atoms with Crippen molar-refractivity contribution >= 4 is 0 Å². The van der Waals surface area contributed by atoms with Crippen LogP contribution in [0.25, 0.3) is 0 Å². The molecule has 115 valence electrons. The summed E-state index contributed by atoms with van der Waals surface area (Å²) >= 11 is 0. The highest BCUT2D eigenvalue weighted by Gasteiger charge is 1.95. The fraction of sp³-hybridized carbons (Fsp3) is 0.947. The monoisotopic (exact) mass is 267 g/mol. The van der Waals surface area contributed by atoms with Crippen LogP contribution in [-0.4, -0.2) is 0 Å². The minimum Gasteiger partial charge on any atom is -0.0654 e. The second-order valence-corrected chi connectivity index (χ2v) is 6.58. The maximum Gasteiger partial charge on any atom is -0.0386 e. The maximum absolute atomic E-state index is 2.54. The quantitative estimate of drug-likeness (QED) is 0.272. The van der Waals surface area contributed by atoms with Gasteiger partial charge in [-0.05, 0) is 12.3 Å². The molecule has 0 heterocycles. The Morgan fingerprint density at radius 2 is 1.11 bits per heavy atom. The van der Waals surface area contributed by atoms with Gasteiger partial charge >= 0.3 is 0 Å². The van der Waals surface area contributed by atoms with E-state index in [4.69, 9.17) is 0 Å². The van der Waals surface area contributed by atoms with E-state index in [9.17, 15) is 0 Å². The fourth-order valence-electron chi connectivity index (χ4n) is 2.58. The Morgan fingerprint density at radius 3 is 1.63 bits per heavy atom. The first-order valence-corrected chi connectivity index (χ1v) is 9.09. The van der Waals surface area contributed by atoms with E-state index >= 15 is 0 Å². The van der Waals surface area contributed by atoms with Crippen LogP contribution in [0.5, 0.6) is 0 Å². The van der Waals surface area contributed by atoms with Crippen LogP contribution in [0.1, 0.15) is 111 Å². The topological polar surface area (TPSA) is 0 Å². The summed E-state index contributed by atoms with van der Waals surface area (Å²) < 4.78 is 0. The Bertz CT molecular complexity index is 148. The highest BCUT2D eigenvalue weighted by Crippen LogP contribution is 2.13. The van der Waals surface area contributed by atoms with Crippen molar-refractivity contribution in [2.75, 3.05) is 0 Å². The average Bonchev–Trinajstić information content (AvgIpc) is 2.39. The van der Waals surface area contributed by atoms with Gasteiger partial charge < -0.3 is 0 Å². The predicted molar refractivity (Wildman–Crippen MR) is 89.5 cm³/mol. The minimum atomic E-state index is 0.892. The van der Waals surface area contributed by atoms with E-state index in [1.165, 1.54) is 89.9 Å². The third-order valence-electron chi connectivity index (χ3n) is 3.95. The van der Waals surface area contributed by atoms with Crippen molar-refractivity contribution in [1.82, 2.24) is 0 Å². The molecule has 0 nitrogen and oxygen atoms in total. The molecule has 0 heteroatoms. The zero-order valence-electron chi connectivity index (χ0n) is 14.1. The minimum absolute atomic E-state index is 0.892. The molecular weight excluding hydrogens is 228 g/mol. The predicted octanol–water partition coefficient (Wildman–Crippen LogP) is 7.33. The van der Waals surface area contributed by atoms with Crippen LogP contribution >= 0.6 is 0 Å². The van der Waals surface area contributed by atoms with Gasteiger partial charge in [-0.2, -0.15) is 0 Å². The van der Waals surface area contributed by atoms with Crippen molar-refractivity contribution in [1.29, 1.82) is 0 Å². The van der Waals surface area contributed by atoms with Gasteiger partial charge in [0.2, 0.25) is 0 Å². The van der Waals surface area contributed by atoms with Crippen molar-refractivity contribution in [3.05, 3.63) is 6.42 Å². The molecule has 0 aromatic heterocycles. The van der Waals surface area contributed by atoms with Crippen molar-refractivity contribution in [2.45, 2.75) is 111 Å². The summed E-state index contributed by atoms with van der Waals surface area (Å²) in [5, 5.41) is 0. The Morgan fingerprint density at radius 1 is 0.632 bits per heavy atom. The summed E-state index contributed by atoms with van der Waals surface area (Å²) in [6.07, 6.45) is 22.5. The van der Waals surface area contributed by atoms with Gasteiger partial charge in [0.15, 0.2) is 0 Å². The molecule has 0 aliphatic heterocycles. The van der Waals surface area contributed by atoms with Gasteiger partial charge in [-0.25, -0.2) is 0 Å². The lowest BCUT2D eigenvalue weighted by Crippen LogP contribution is -1.87. The molecule has 0 saturated heterocycles. The molecule has 0 fully saturated rings. The molecular formula is C19H39. The number of unbranched alkanes of at least 4 members (excludes halogenated alkanes) is 13. The first-order chi connectivity index (χ1) is 9.27. The number of hydrogen-bond donors (Lipinski definition) is 0. The van der Waals surface area contributed by atoms with Gasteiger partial charge in [-0.15, -0.1) is 0 Å².